The summed E-state index contributed by atoms with van der Waals surface area (Å²) in [7, 11) is 0. The predicted octanol–water partition coefficient (Wildman–Crippen LogP) is 0.750. The molecule has 1 fully saturated rings. The number of hydrogen-bond acceptors (Lipinski definition) is 4. The molecule has 92 valence electrons. The van der Waals surface area contributed by atoms with Crippen LogP contribution < -0.4 is 10.3 Å². The lowest BCUT2D eigenvalue weighted by Gasteiger charge is -2.19. The summed E-state index contributed by atoms with van der Waals surface area (Å²) in [5.41, 5.74) is 5.25. The van der Waals surface area contributed by atoms with E-state index < -0.39 is 12.0 Å². The summed E-state index contributed by atoms with van der Waals surface area (Å²) < 4.78 is 0. The molecule has 0 aliphatic carbocycles. The lowest BCUT2D eigenvalue weighted by atomic mass is 10.1. The number of amides is 2. The van der Waals surface area contributed by atoms with Gasteiger partial charge in [-0.2, -0.15) is 5.10 Å². The van der Waals surface area contributed by atoms with Crippen molar-refractivity contribution in [3.05, 3.63) is 29.3 Å². The minimum Gasteiger partial charge on any atom is -0.297 e. The number of para-hydroxylation sites is 1. The third-order valence-electron chi connectivity index (χ3n) is 3.46. The van der Waals surface area contributed by atoms with Crippen LogP contribution in [0.2, 0.25) is 0 Å². The Morgan fingerprint density at radius 1 is 1.17 bits per heavy atom. The highest BCUT2D eigenvalue weighted by Gasteiger charge is 2.50. The molecule has 0 aromatic heterocycles. The molecule has 5 nitrogen and oxygen atoms in total. The van der Waals surface area contributed by atoms with Gasteiger partial charge in [0.05, 0.1) is 5.69 Å². The molecule has 5 heteroatoms. The molecule has 1 N–H and O–H groups in total. The Bertz CT molecular complexity index is 559. The van der Waals surface area contributed by atoms with E-state index in [0.717, 1.165) is 11.1 Å². The fraction of sp³-hybridized carbons (Fsp3) is 0.308. The van der Waals surface area contributed by atoms with Crippen molar-refractivity contribution >= 4 is 23.7 Å². The molecule has 3 rings (SSSR count). The van der Waals surface area contributed by atoms with E-state index in [-0.39, 0.29) is 11.8 Å². The number of rotatable bonds is 1. The fourth-order valence-corrected chi connectivity index (χ4v) is 2.56. The van der Waals surface area contributed by atoms with Crippen molar-refractivity contribution < 1.29 is 9.59 Å². The second-order valence-electron chi connectivity index (χ2n) is 4.66. The maximum atomic E-state index is 12.3. The van der Waals surface area contributed by atoms with Crippen LogP contribution in [0.25, 0.3) is 0 Å². The number of nitrogens with zero attached hydrogens (tertiary/aromatic N) is 2. The van der Waals surface area contributed by atoms with E-state index in [1.807, 2.05) is 32.0 Å². The third-order valence-corrected chi connectivity index (χ3v) is 3.46. The molecule has 2 amide bonds. The van der Waals surface area contributed by atoms with Gasteiger partial charge in [0, 0.05) is 6.21 Å². The largest absolute Gasteiger partial charge is 0.297 e. The molecular weight excluding hydrogens is 230 g/mol. The van der Waals surface area contributed by atoms with Gasteiger partial charge >= 0.3 is 0 Å². The van der Waals surface area contributed by atoms with Gasteiger partial charge in [-0.05, 0) is 25.0 Å². The molecule has 1 saturated heterocycles. The van der Waals surface area contributed by atoms with Crippen LogP contribution in [0.15, 0.2) is 23.3 Å². The quantitative estimate of drug-likeness (QED) is 0.740. The first-order chi connectivity index (χ1) is 8.61. The zero-order valence-corrected chi connectivity index (χ0v) is 10.2. The molecule has 2 heterocycles. The van der Waals surface area contributed by atoms with Gasteiger partial charge in [0.25, 0.3) is 5.91 Å². The van der Waals surface area contributed by atoms with Crippen LogP contribution in [0, 0.1) is 19.8 Å². The zero-order valence-electron chi connectivity index (χ0n) is 10.2. The van der Waals surface area contributed by atoms with Crippen molar-refractivity contribution in [2.24, 2.45) is 11.0 Å². The van der Waals surface area contributed by atoms with Crippen LogP contribution in [-0.2, 0) is 9.59 Å². The Hall–Kier alpha value is -2.17. The number of carbonyl (C=O) groups is 2. The van der Waals surface area contributed by atoms with E-state index >= 15 is 0 Å². The van der Waals surface area contributed by atoms with Crippen molar-refractivity contribution in [1.82, 2.24) is 5.43 Å². The number of anilines is 1. The minimum atomic E-state index is -0.531. The number of hydrazone groups is 1. The number of hydrogen-bond donors (Lipinski definition) is 1. The van der Waals surface area contributed by atoms with Gasteiger partial charge in [-0.3, -0.25) is 15.0 Å². The predicted molar refractivity (Wildman–Crippen MR) is 67.3 cm³/mol. The molecule has 18 heavy (non-hydrogen) atoms. The fourth-order valence-electron chi connectivity index (χ4n) is 2.56. The molecule has 1 aromatic rings. The van der Waals surface area contributed by atoms with Crippen molar-refractivity contribution in [2.75, 3.05) is 4.90 Å². The van der Waals surface area contributed by atoms with E-state index in [0.29, 0.717) is 5.69 Å². The molecule has 0 radical (unpaired) electrons. The smallest absolute Gasteiger partial charge is 0.259 e. The van der Waals surface area contributed by atoms with E-state index in [2.05, 4.69) is 10.5 Å². The van der Waals surface area contributed by atoms with Gasteiger partial charge in [-0.25, -0.2) is 4.90 Å². The van der Waals surface area contributed by atoms with Crippen molar-refractivity contribution in [1.29, 1.82) is 0 Å². The molecule has 2 aliphatic heterocycles. The summed E-state index contributed by atoms with van der Waals surface area (Å²) in [5, 5.41) is 3.80. The maximum absolute atomic E-state index is 12.3. The lowest BCUT2D eigenvalue weighted by molar-refractivity contribution is -0.122. The molecule has 2 aliphatic rings. The summed E-state index contributed by atoms with van der Waals surface area (Å²) in [6.45, 7) is 3.80. The maximum Gasteiger partial charge on any atom is 0.259 e. The standard InChI is InChI=1S/C13H13N3O2/c1-7-4-3-5-8(2)11(7)16-12(17)9-6-14-15-10(9)13(16)18/h3-6,9-10,15H,1-2H3/t9-,10+/m1/s1. The van der Waals surface area contributed by atoms with Crippen LogP contribution >= 0.6 is 0 Å². The lowest BCUT2D eigenvalue weighted by Crippen LogP contribution is -2.37. The van der Waals surface area contributed by atoms with Gasteiger partial charge in [0.2, 0.25) is 5.91 Å². The average Bonchev–Trinajstić information content (AvgIpc) is 2.88. The molecule has 0 spiro atoms. The minimum absolute atomic E-state index is 0.198. The third kappa shape index (κ3) is 1.30. The van der Waals surface area contributed by atoms with Gasteiger partial charge in [-0.1, -0.05) is 18.2 Å². The van der Waals surface area contributed by atoms with E-state index in [1.165, 1.54) is 11.1 Å². The summed E-state index contributed by atoms with van der Waals surface area (Å²) in [5.74, 6) is -0.882. The molecule has 1 aromatic carbocycles. The van der Waals surface area contributed by atoms with Crippen LogP contribution in [0.3, 0.4) is 0 Å². The Morgan fingerprint density at radius 3 is 2.44 bits per heavy atom. The Kier molecular flexibility index (Phi) is 2.23. The van der Waals surface area contributed by atoms with Crippen molar-refractivity contribution in [2.45, 2.75) is 19.9 Å². The number of benzene rings is 1. The first-order valence-electron chi connectivity index (χ1n) is 5.84. The Morgan fingerprint density at radius 2 is 1.83 bits per heavy atom. The molecule has 0 saturated carbocycles. The SMILES string of the molecule is Cc1cccc(C)c1N1C(=O)[C@H]2NN=C[C@H]2C1=O. The first kappa shape index (κ1) is 11.0. The van der Waals surface area contributed by atoms with E-state index in [1.54, 1.807) is 0 Å². The number of carbonyl (C=O) groups excluding carboxylic acids is 2. The average molecular weight is 243 g/mol. The Labute approximate surface area is 104 Å². The van der Waals surface area contributed by atoms with Gasteiger partial charge in [0.15, 0.2) is 0 Å². The second-order valence-corrected chi connectivity index (χ2v) is 4.66. The van der Waals surface area contributed by atoms with Crippen LogP contribution in [-0.4, -0.2) is 24.1 Å². The summed E-state index contributed by atoms with van der Waals surface area (Å²) >= 11 is 0. The van der Waals surface area contributed by atoms with Crippen LogP contribution in [0.4, 0.5) is 5.69 Å². The highest BCUT2D eigenvalue weighted by Crippen LogP contribution is 2.32. The summed E-state index contributed by atoms with van der Waals surface area (Å²) in [6.07, 6.45) is 1.51. The highest BCUT2D eigenvalue weighted by atomic mass is 16.2. The van der Waals surface area contributed by atoms with Gasteiger partial charge in [0.1, 0.15) is 12.0 Å². The number of aryl methyl sites for hydroxylation is 2. The second kappa shape index (κ2) is 3.66. The first-order valence-corrected chi connectivity index (χ1v) is 5.84. The number of imide groups is 1. The van der Waals surface area contributed by atoms with Crippen molar-refractivity contribution in [3.63, 3.8) is 0 Å². The van der Waals surface area contributed by atoms with Crippen molar-refractivity contribution in [3.8, 4) is 0 Å². The molecule has 2 atom stereocenters. The normalized spacial score (nSPS) is 25.6. The number of nitrogens with one attached hydrogen (secondary N) is 1. The highest BCUT2D eigenvalue weighted by molar-refractivity contribution is 6.28. The van der Waals surface area contributed by atoms with Crippen LogP contribution in [0.5, 0.6) is 0 Å². The van der Waals surface area contributed by atoms with Crippen LogP contribution in [0.1, 0.15) is 11.1 Å². The summed E-state index contributed by atoms with van der Waals surface area (Å²) in [4.78, 5) is 25.8. The summed E-state index contributed by atoms with van der Waals surface area (Å²) in [6, 6.07) is 5.19. The van der Waals surface area contributed by atoms with Gasteiger partial charge in [-0.15, -0.1) is 0 Å². The molecule has 0 bridgehead atoms. The Balaban J connectivity index is 2.10. The van der Waals surface area contributed by atoms with Gasteiger partial charge < -0.3 is 0 Å². The molecular formula is C13H13N3O2. The monoisotopic (exact) mass is 243 g/mol. The number of fused-ring (bicyclic) bond motifs is 1. The topological polar surface area (TPSA) is 61.8 Å². The van der Waals surface area contributed by atoms with E-state index in [9.17, 15) is 9.59 Å². The zero-order chi connectivity index (χ0) is 12.9. The molecule has 0 unspecified atom stereocenters. The van der Waals surface area contributed by atoms with E-state index in [4.69, 9.17) is 0 Å².